The topological polar surface area (TPSA) is 85.6 Å². The average Bonchev–Trinajstić information content (AvgIpc) is 2.77. The van der Waals surface area contributed by atoms with Crippen molar-refractivity contribution in [2.75, 3.05) is 19.8 Å². The van der Waals surface area contributed by atoms with E-state index in [0.717, 1.165) is 5.57 Å². The van der Waals surface area contributed by atoms with Crippen molar-refractivity contribution in [1.29, 1.82) is 0 Å². The van der Waals surface area contributed by atoms with Gasteiger partial charge in [-0.2, -0.15) is 0 Å². The van der Waals surface area contributed by atoms with Crippen LogP contribution in [0.15, 0.2) is 33.8 Å². The van der Waals surface area contributed by atoms with Gasteiger partial charge in [-0.3, -0.25) is 4.79 Å². The standard InChI is InChI=1S/C11H15NO5S/c1-9(2)8-16-6-5-12-18(14,15)11-4-3-10(7-13)17-11/h3-4,7,12H,1,5-6,8H2,2H3. The van der Waals surface area contributed by atoms with E-state index in [0.29, 0.717) is 12.9 Å². The van der Waals surface area contributed by atoms with Crippen molar-refractivity contribution in [1.82, 2.24) is 4.72 Å². The van der Waals surface area contributed by atoms with Crippen LogP contribution in [0.5, 0.6) is 0 Å². The molecule has 0 atom stereocenters. The van der Waals surface area contributed by atoms with Gasteiger partial charge >= 0.3 is 0 Å². The summed E-state index contributed by atoms with van der Waals surface area (Å²) in [5.74, 6) is -0.0334. The Kier molecular flexibility index (Phi) is 5.26. The van der Waals surface area contributed by atoms with Gasteiger partial charge in [-0.1, -0.05) is 12.2 Å². The Bertz CT molecular complexity index is 517. The van der Waals surface area contributed by atoms with E-state index in [1.54, 1.807) is 0 Å². The van der Waals surface area contributed by atoms with Crippen molar-refractivity contribution in [3.05, 3.63) is 30.0 Å². The van der Waals surface area contributed by atoms with Crippen LogP contribution in [0.2, 0.25) is 0 Å². The predicted octanol–water partition coefficient (Wildman–Crippen LogP) is 0.963. The number of carbonyl (C=O) groups is 1. The van der Waals surface area contributed by atoms with E-state index in [9.17, 15) is 13.2 Å². The summed E-state index contributed by atoms with van der Waals surface area (Å²) >= 11 is 0. The summed E-state index contributed by atoms with van der Waals surface area (Å²) in [7, 11) is -3.73. The largest absolute Gasteiger partial charge is 0.440 e. The molecule has 1 aromatic heterocycles. The van der Waals surface area contributed by atoms with Crippen LogP contribution in [-0.2, 0) is 14.8 Å². The van der Waals surface area contributed by atoms with Crippen molar-refractivity contribution in [2.45, 2.75) is 12.0 Å². The van der Waals surface area contributed by atoms with Gasteiger partial charge in [-0.05, 0) is 19.1 Å². The third-order valence-corrected chi connectivity index (χ3v) is 3.20. The highest BCUT2D eigenvalue weighted by Gasteiger charge is 2.17. The van der Waals surface area contributed by atoms with Crippen molar-refractivity contribution in [3.63, 3.8) is 0 Å². The molecule has 0 spiro atoms. The summed E-state index contributed by atoms with van der Waals surface area (Å²) in [6.07, 6.45) is 0.439. The first-order valence-electron chi connectivity index (χ1n) is 5.22. The summed E-state index contributed by atoms with van der Waals surface area (Å²) in [5.41, 5.74) is 0.861. The van der Waals surface area contributed by atoms with Gasteiger partial charge in [0.2, 0.25) is 5.09 Å². The van der Waals surface area contributed by atoms with Crippen molar-refractivity contribution >= 4 is 16.3 Å². The van der Waals surface area contributed by atoms with E-state index in [1.807, 2.05) is 6.92 Å². The lowest BCUT2D eigenvalue weighted by Crippen LogP contribution is -2.27. The lowest BCUT2D eigenvalue weighted by atomic mass is 10.4. The minimum Gasteiger partial charge on any atom is -0.440 e. The Morgan fingerprint density at radius 2 is 2.28 bits per heavy atom. The maximum absolute atomic E-state index is 11.7. The number of aldehydes is 1. The van der Waals surface area contributed by atoms with E-state index in [1.165, 1.54) is 12.1 Å². The van der Waals surface area contributed by atoms with Gasteiger partial charge in [-0.15, -0.1) is 0 Å². The fraction of sp³-hybridized carbons (Fsp3) is 0.364. The summed E-state index contributed by atoms with van der Waals surface area (Å²) < 4.78 is 35.6. The molecule has 0 bridgehead atoms. The second kappa shape index (κ2) is 6.48. The number of hydrogen-bond donors (Lipinski definition) is 1. The van der Waals surface area contributed by atoms with Crippen LogP contribution in [0.3, 0.4) is 0 Å². The van der Waals surface area contributed by atoms with Crippen LogP contribution in [0.1, 0.15) is 17.5 Å². The number of furan rings is 1. The first-order chi connectivity index (χ1) is 8.45. The maximum Gasteiger partial charge on any atom is 0.274 e. The normalized spacial score (nSPS) is 11.4. The molecule has 0 fully saturated rings. The zero-order chi connectivity index (χ0) is 13.6. The minimum atomic E-state index is -3.73. The highest BCUT2D eigenvalue weighted by atomic mass is 32.2. The Morgan fingerprint density at radius 3 is 2.83 bits per heavy atom. The second-order valence-electron chi connectivity index (χ2n) is 3.68. The van der Waals surface area contributed by atoms with Crippen LogP contribution >= 0.6 is 0 Å². The highest BCUT2D eigenvalue weighted by molar-refractivity contribution is 7.89. The predicted molar refractivity (Wildman–Crippen MR) is 64.9 cm³/mol. The molecular weight excluding hydrogens is 258 g/mol. The first kappa shape index (κ1) is 14.6. The molecular formula is C11H15NO5S. The molecule has 1 rings (SSSR count). The molecule has 0 aromatic carbocycles. The lowest BCUT2D eigenvalue weighted by Gasteiger charge is -2.05. The van der Waals surface area contributed by atoms with E-state index in [-0.39, 0.29) is 24.0 Å². The number of rotatable bonds is 8. The molecule has 0 amide bonds. The van der Waals surface area contributed by atoms with Crippen molar-refractivity contribution in [3.8, 4) is 0 Å². The van der Waals surface area contributed by atoms with Crippen LogP contribution in [-0.4, -0.2) is 34.5 Å². The smallest absolute Gasteiger partial charge is 0.274 e. The molecule has 0 saturated carbocycles. The third-order valence-electron chi connectivity index (χ3n) is 1.87. The molecule has 0 aliphatic carbocycles. The molecule has 7 heteroatoms. The van der Waals surface area contributed by atoms with Crippen LogP contribution in [0, 0.1) is 0 Å². The quantitative estimate of drug-likeness (QED) is 0.433. The van der Waals surface area contributed by atoms with Gasteiger partial charge in [0.05, 0.1) is 13.2 Å². The summed E-state index contributed by atoms with van der Waals surface area (Å²) in [6, 6.07) is 2.51. The van der Waals surface area contributed by atoms with E-state index >= 15 is 0 Å². The Balaban J connectivity index is 2.45. The molecule has 0 unspecified atom stereocenters. The number of hydrogen-bond acceptors (Lipinski definition) is 5. The van der Waals surface area contributed by atoms with E-state index < -0.39 is 10.0 Å². The molecule has 18 heavy (non-hydrogen) atoms. The molecule has 6 nitrogen and oxygen atoms in total. The first-order valence-corrected chi connectivity index (χ1v) is 6.71. The van der Waals surface area contributed by atoms with Crippen molar-refractivity contribution in [2.24, 2.45) is 0 Å². The molecule has 100 valence electrons. The summed E-state index contributed by atoms with van der Waals surface area (Å²) in [4.78, 5) is 10.4. The highest BCUT2D eigenvalue weighted by Crippen LogP contribution is 2.11. The van der Waals surface area contributed by atoms with Gasteiger partial charge in [-0.25, -0.2) is 13.1 Å². The lowest BCUT2D eigenvalue weighted by molar-refractivity contribution is 0.109. The number of nitrogens with one attached hydrogen (secondary N) is 1. The van der Waals surface area contributed by atoms with Gasteiger partial charge < -0.3 is 9.15 Å². The fourth-order valence-electron chi connectivity index (χ4n) is 1.11. The Morgan fingerprint density at radius 1 is 1.56 bits per heavy atom. The second-order valence-corrected chi connectivity index (χ2v) is 5.38. The minimum absolute atomic E-state index is 0.0334. The Hall–Kier alpha value is -1.44. The molecule has 1 N–H and O–H groups in total. The Labute approximate surface area is 106 Å². The molecule has 0 aliphatic rings. The van der Waals surface area contributed by atoms with Gasteiger partial charge in [0.15, 0.2) is 12.0 Å². The third kappa shape index (κ3) is 4.44. The van der Waals surface area contributed by atoms with E-state index in [4.69, 9.17) is 9.15 Å². The number of carbonyl (C=O) groups excluding carboxylic acids is 1. The molecule has 1 aromatic rings. The van der Waals surface area contributed by atoms with E-state index in [2.05, 4.69) is 11.3 Å². The summed E-state index contributed by atoms with van der Waals surface area (Å²) in [6.45, 7) is 6.20. The van der Waals surface area contributed by atoms with Gasteiger partial charge in [0, 0.05) is 6.54 Å². The molecule has 0 radical (unpaired) electrons. The maximum atomic E-state index is 11.7. The monoisotopic (exact) mass is 273 g/mol. The van der Waals surface area contributed by atoms with Crippen LogP contribution in [0.25, 0.3) is 0 Å². The number of sulfonamides is 1. The van der Waals surface area contributed by atoms with Crippen LogP contribution in [0.4, 0.5) is 0 Å². The summed E-state index contributed by atoms with van der Waals surface area (Å²) in [5, 5.41) is -0.287. The molecule has 0 saturated heterocycles. The molecule has 0 aliphatic heterocycles. The van der Waals surface area contributed by atoms with Crippen molar-refractivity contribution < 1.29 is 22.4 Å². The van der Waals surface area contributed by atoms with Gasteiger partial charge in [0.25, 0.3) is 10.0 Å². The SMILES string of the molecule is C=C(C)COCCNS(=O)(=O)c1ccc(C=O)o1. The zero-order valence-corrected chi connectivity index (χ0v) is 10.8. The fourth-order valence-corrected chi connectivity index (χ4v) is 2.06. The molecule has 1 heterocycles. The van der Waals surface area contributed by atoms with Gasteiger partial charge in [0.1, 0.15) is 0 Å². The van der Waals surface area contributed by atoms with Crippen LogP contribution < -0.4 is 4.72 Å². The zero-order valence-electron chi connectivity index (χ0n) is 10.0. The number of ether oxygens (including phenoxy) is 1. The average molecular weight is 273 g/mol.